The molecule has 1 aliphatic heterocycles. The molecular weight excluding hydrogens is 360 g/mol. The number of benzene rings is 2. The fraction of sp³-hybridized carbons (Fsp3) is 0.455. The molecule has 4 rings (SSSR count). The summed E-state index contributed by atoms with van der Waals surface area (Å²) < 4.78 is 12.2. The van der Waals surface area contributed by atoms with Gasteiger partial charge in [0.25, 0.3) is 0 Å². The van der Waals surface area contributed by atoms with E-state index in [1.807, 2.05) is 24.3 Å². The Labute approximate surface area is 166 Å². The Hall–Kier alpha value is -1.75. The van der Waals surface area contributed by atoms with Gasteiger partial charge in [-0.15, -0.1) is 0 Å². The van der Waals surface area contributed by atoms with Crippen molar-refractivity contribution in [3.63, 3.8) is 0 Å². The van der Waals surface area contributed by atoms with E-state index in [4.69, 9.17) is 26.8 Å². The van der Waals surface area contributed by atoms with Gasteiger partial charge in [-0.1, -0.05) is 23.7 Å². The van der Waals surface area contributed by atoms with Crippen LogP contribution in [0.4, 0.5) is 0 Å². The Balaban J connectivity index is 1.71. The molecule has 4 nitrogen and oxygen atoms in total. The third-order valence-electron chi connectivity index (χ3n) is 5.71. The molecular formula is C22H27ClN2O2. The SMILES string of the molecule is COc1cc(Cl)cc2c1C[C@H](N1CCC[C@@H](N)C1)[C@H]2Oc1cccc(C)c1. The van der Waals surface area contributed by atoms with Gasteiger partial charge in [0.15, 0.2) is 0 Å². The highest BCUT2D eigenvalue weighted by atomic mass is 35.5. The van der Waals surface area contributed by atoms with Gasteiger partial charge in [-0.05, 0) is 62.6 Å². The number of fused-ring (bicyclic) bond motifs is 1. The van der Waals surface area contributed by atoms with Gasteiger partial charge in [0.1, 0.15) is 17.6 Å². The number of hydrogen-bond acceptors (Lipinski definition) is 4. The summed E-state index contributed by atoms with van der Waals surface area (Å²) in [4.78, 5) is 2.49. The molecule has 1 fully saturated rings. The van der Waals surface area contributed by atoms with Crippen molar-refractivity contribution >= 4 is 11.6 Å². The highest BCUT2D eigenvalue weighted by Gasteiger charge is 2.41. The number of ether oxygens (including phenoxy) is 2. The minimum atomic E-state index is -0.0836. The third-order valence-corrected chi connectivity index (χ3v) is 5.93. The predicted molar refractivity (Wildman–Crippen MR) is 109 cm³/mol. The van der Waals surface area contributed by atoms with Crippen LogP contribution < -0.4 is 15.2 Å². The molecule has 2 aromatic carbocycles. The van der Waals surface area contributed by atoms with Crippen LogP contribution in [0.1, 0.15) is 35.6 Å². The van der Waals surface area contributed by atoms with E-state index < -0.39 is 0 Å². The smallest absolute Gasteiger partial charge is 0.140 e. The summed E-state index contributed by atoms with van der Waals surface area (Å²) >= 11 is 6.39. The second-order valence-electron chi connectivity index (χ2n) is 7.70. The van der Waals surface area contributed by atoms with Gasteiger partial charge < -0.3 is 15.2 Å². The molecule has 0 saturated carbocycles. The van der Waals surface area contributed by atoms with Gasteiger partial charge in [-0.25, -0.2) is 0 Å². The summed E-state index contributed by atoms with van der Waals surface area (Å²) in [6.45, 7) is 4.04. The molecule has 1 aliphatic carbocycles. The van der Waals surface area contributed by atoms with E-state index in [1.54, 1.807) is 7.11 Å². The van der Waals surface area contributed by atoms with Gasteiger partial charge in [-0.3, -0.25) is 4.90 Å². The minimum absolute atomic E-state index is 0.0836. The normalized spacial score (nSPS) is 25.3. The number of rotatable bonds is 4. The Kier molecular flexibility index (Phi) is 5.31. The van der Waals surface area contributed by atoms with Gasteiger partial charge in [0.05, 0.1) is 13.2 Å². The first-order chi connectivity index (χ1) is 13.0. The molecule has 1 heterocycles. The molecule has 0 radical (unpaired) electrons. The van der Waals surface area contributed by atoms with Crippen LogP contribution in [0.5, 0.6) is 11.5 Å². The van der Waals surface area contributed by atoms with E-state index in [9.17, 15) is 0 Å². The van der Waals surface area contributed by atoms with Crippen molar-refractivity contribution in [2.45, 2.75) is 44.4 Å². The molecule has 2 aliphatic rings. The number of halogens is 1. The van der Waals surface area contributed by atoms with Crippen LogP contribution >= 0.6 is 11.6 Å². The monoisotopic (exact) mass is 386 g/mol. The Morgan fingerprint density at radius 1 is 1.22 bits per heavy atom. The molecule has 2 aromatic rings. The van der Waals surface area contributed by atoms with Crippen molar-refractivity contribution in [2.24, 2.45) is 5.73 Å². The lowest BCUT2D eigenvalue weighted by molar-refractivity contribution is 0.0592. The number of hydrogen-bond donors (Lipinski definition) is 1. The van der Waals surface area contributed by atoms with Crippen LogP contribution in [0.25, 0.3) is 0 Å². The topological polar surface area (TPSA) is 47.7 Å². The summed E-state index contributed by atoms with van der Waals surface area (Å²) in [7, 11) is 1.70. The summed E-state index contributed by atoms with van der Waals surface area (Å²) in [5.41, 5.74) is 9.78. The molecule has 0 aromatic heterocycles. The molecule has 1 saturated heterocycles. The van der Waals surface area contributed by atoms with Gasteiger partial charge >= 0.3 is 0 Å². The Morgan fingerprint density at radius 2 is 2.07 bits per heavy atom. The van der Waals surface area contributed by atoms with E-state index in [-0.39, 0.29) is 18.2 Å². The lowest BCUT2D eigenvalue weighted by atomic mass is 10.0. The molecule has 5 heteroatoms. The summed E-state index contributed by atoms with van der Waals surface area (Å²) in [5.74, 6) is 1.73. The van der Waals surface area contributed by atoms with Crippen LogP contribution in [0.15, 0.2) is 36.4 Å². The second kappa shape index (κ2) is 7.70. The van der Waals surface area contributed by atoms with E-state index in [0.717, 1.165) is 49.4 Å². The quantitative estimate of drug-likeness (QED) is 0.858. The van der Waals surface area contributed by atoms with E-state index in [1.165, 1.54) is 11.1 Å². The average molecular weight is 387 g/mol. The first-order valence-electron chi connectivity index (χ1n) is 9.64. The third kappa shape index (κ3) is 3.79. The zero-order chi connectivity index (χ0) is 19.0. The van der Waals surface area contributed by atoms with Crippen LogP contribution in [-0.2, 0) is 6.42 Å². The second-order valence-corrected chi connectivity index (χ2v) is 8.14. The Morgan fingerprint density at radius 3 is 2.81 bits per heavy atom. The number of likely N-dealkylation sites (tertiary alicyclic amines) is 1. The van der Waals surface area contributed by atoms with Crippen LogP contribution in [-0.4, -0.2) is 37.2 Å². The molecule has 0 unspecified atom stereocenters. The Bertz CT molecular complexity index is 826. The maximum absolute atomic E-state index is 6.54. The minimum Gasteiger partial charge on any atom is -0.496 e. The van der Waals surface area contributed by atoms with Crippen LogP contribution in [0.2, 0.25) is 5.02 Å². The average Bonchev–Trinajstić information content (AvgIpc) is 2.99. The number of nitrogens with zero attached hydrogens (tertiary/aromatic N) is 1. The zero-order valence-corrected chi connectivity index (χ0v) is 16.7. The zero-order valence-electron chi connectivity index (χ0n) is 16.0. The first kappa shape index (κ1) is 18.6. The fourth-order valence-electron chi connectivity index (χ4n) is 4.45. The van der Waals surface area contributed by atoms with Crippen molar-refractivity contribution in [3.05, 3.63) is 58.1 Å². The standard InChI is InChI=1S/C22H27ClN2O2/c1-14-5-3-7-17(9-14)27-22-19-10-15(23)11-21(26-2)18(19)12-20(22)25-8-4-6-16(24)13-25/h3,5,7,9-11,16,20,22H,4,6,8,12-13,24H2,1-2H3/t16-,20+,22+/m1/s1. The van der Waals surface area contributed by atoms with Gasteiger partial charge in [-0.2, -0.15) is 0 Å². The number of methoxy groups -OCH3 is 1. The highest BCUT2D eigenvalue weighted by Crippen LogP contribution is 2.44. The number of nitrogens with two attached hydrogens (primary N) is 1. The van der Waals surface area contributed by atoms with E-state index in [0.29, 0.717) is 5.02 Å². The van der Waals surface area contributed by atoms with Crippen molar-refractivity contribution in [1.82, 2.24) is 4.90 Å². The molecule has 27 heavy (non-hydrogen) atoms. The van der Waals surface area contributed by atoms with Crippen molar-refractivity contribution in [3.8, 4) is 11.5 Å². The molecule has 0 amide bonds. The lowest BCUT2D eigenvalue weighted by Gasteiger charge is -2.38. The van der Waals surface area contributed by atoms with E-state index >= 15 is 0 Å². The summed E-state index contributed by atoms with van der Waals surface area (Å²) in [6.07, 6.45) is 3.02. The molecule has 2 N–H and O–H groups in total. The van der Waals surface area contributed by atoms with E-state index in [2.05, 4.69) is 24.0 Å². The molecule has 3 atom stereocenters. The maximum Gasteiger partial charge on any atom is 0.140 e. The largest absolute Gasteiger partial charge is 0.496 e. The molecule has 0 spiro atoms. The predicted octanol–water partition coefficient (Wildman–Crippen LogP) is 4.12. The summed E-state index contributed by atoms with van der Waals surface area (Å²) in [5, 5.41) is 0.680. The number of aryl methyl sites for hydroxylation is 1. The lowest BCUT2D eigenvalue weighted by Crippen LogP contribution is -2.49. The van der Waals surface area contributed by atoms with Crippen LogP contribution in [0.3, 0.4) is 0 Å². The number of piperidine rings is 1. The molecule has 144 valence electrons. The summed E-state index contributed by atoms with van der Waals surface area (Å²) in [6, 6.07) is 12.6. The van der Waals surface area contributed by atoms with Crippen molar-refractivity contribution in [2.75, 3.05) is 20.2 Å². The molecule has 0 bridgehead atoms. The van der Waals surface area contributed by atoms with Gasteiger partial charge in [0.2, 0.25) is 0 Å². The highest BCUT2D eigenvalue weighted by molar-refractivity contribution is 6.30. The maximum atomic E-state index is 6.54. The van der Waals surface area contributed by atoms with Crippen molar-refractivity contribution in [1.29, 1.82) is 0 Å². The van der Waals surface area contributed by atoms with Crippen LogP contribution in [0, 0.1) is 6.92 Å². The first-order valence-corrected chi connectivity index (χ1v) is 10.0. The van der Waals surface area contributed by atoms with Crippen molar-refractivity contribution < 1.29 is 9.47 Å². The van der Waals surface area contributed by atoms with Gasteiger partial charge in [0, 0.05) is 28.7 Å². The fourth-order valence-corrected chi connectivity index (χ4v) is 4.67.